The zero-order chi connectivity index (χ0) is 17.9. The molecule has 0 spiro atoms. The van der Waals surface area contributed by atoms with Gasteiger partial charge < -0.3 is 10.1 Å². The molecule has 24 heavy (non-hydrogen) atoms. The lowest BCUT2D eigenvalue weighted by Crippen LogP contribution is -2.40. The first-order chi connectivity index (χ1) is 11.4. The lowest BCUT2D eigenvalue weighted by atomic mass is 10.2. The smallest absolute Gasteiger partial charge is 0.352 e. The molecule has 0 bridgehead atoms. The minimum absolute atomic E-state index is 0.0762. The highest BCUT2D eigenvalue weighted by atomic mass is 16.4. The average Bonchev–Trinajstić information content (AvgIpc) is 2.53. The number of aromatic amines is 1. The van der Waals surface area contributed by atoms with Crippen LogP contribution in [0.1, 0.15) is 35.5 Å². The van der Waals surface area contributed by atoms with Crippen molar-refractivity contribution in [2.45, 2.75) is 27.3 Å². The van der Waals surface area contributed by atoms with Crippen LogP contribution in [-0.2, 0) is 6.54 Å². The fourth-order valence-corrected chi connectivity index (χ4v) is 2.57. The van der Waals surface area contributed by atoms with Crippen LogP contribution in [0.5, 0.6) is 0 Å². The number of nitrogens with one attached hydrogen (secondary N) is 1. The molecule has 7 nitrogen and oxygen atoms in total. The van der Waals surface area contributed by atoms with Crippen molar-refractivity contribution in [1.29, 1.82) is 0 Å². The minimum atomic E-state index is -1.32. The van der Waals surface area contributed by atoms with Crippen molar-refractivity contribution in [3.05, 3.63) is 61.9 Å². The molecule has 0 aliphatic heterocycles. The lowest BCUT2D eigenvalue weighted by Gasteiger charge is -2.19. The second-order valence-corrected chi connectivity index (χ2v) is 5.53. The maximum Gasteiger partial charge on any atom is 0.352 e. The number of benzene rings is 1. The van der Waals surface area contributed by atoms with Crippen molar-refractivity contribution in [1.82, 2.24) is 14.5 Å². The van der Waals surface area contributed by atoms with Gasteiger partial charge in [-0.2, -0.15) is 0 Å². The van der Waals surface area contributed by atoms with Crippen LogP contribution >= 0.6 is 0 Å². The molecule has 0 atom stereocenters. The number of hydrogen-bond donors (Lipinski definition) is 2. The van der Waals surface area contributed by atoms with Crippen LogP contribution in [0.2, 0.25) is 0 Å². The molecule has 0 aliphatic rings. The van der Waals surface area contributed by atoms with E-state index in [2.05, 4.69) is 4.98 Å². The number of hydrogen-bond acceptors (Lipinski definition) is 4. The van der Waals surface area contributed by atoms with Crippen molar-refractivity contribution in [3.63, 3.8) is 0 Å². The van der Waals surface area contributed by atoms with Crippen LogP contribution in [0.3, 0.4) is 0 Å². The zero-order valence-corrected chi connectivity index (χ0v) is 14.0. The summed E-state index contributed by atoms with van der Waals surface area (Å²) < 4.78 is 0.984. The molecule has 0 aliphatic carbocycles. The number of aromatic carboxylic acids is 1. The summed E-state index contributed by atoms with van der Waals surface area (Å²) >= 11 is 0. The molecular weight excluding hydrogens is 310 g/mol. The molecule has 2 rings (SSSR count). The fourth-order valence-electron chi connectivity index (χ4n) is 2.57. The molecule has 2 aromatic rings. The van der Waals surface area contributed by atoms with E-state index >= 15 is 0 Å². The van der Waals surface area contributed by atoms with E-state index in [1.807, 2.05) is 31.7 Å². The van der Waals surface area contributed by atoms with E-state index in [0.29, 0.717) is 18.8 Å². The molecule has 0 amide bonds. The highest BCUT2D eigenvalue weighted by Gasteiger charge is 2.21. The zero-order valence-electron chi connectivity index (χ0n) is 14.0. The van der Waals surface area contributed by atoms with Gasteiger partial charge in [0.05, 0.1) is 11.3 Å². The quantitative estimate of drug-likeness (QED) is 0.833. The maximum atomic E-state index is 12.8. The molecule has 0 unspecified atom stereocenters. The number of carbonyl (C=O) groups is 1. The molecule has 0 saturated heterocycles. The van der Waals surface area contributed by atoms with E-state index in [1.165, 1.54) is 0 Å². The summed E-state index contributed by atoms with van der Waals surface area (Å²) in [6.07, 6.45) is 0. The number of aromatic nitrogens is 2. The second kappa shape index (κ2) is 7.27. The largest absolute Gasteiger partial charge is 0.477 e. The first-order valence-electron chi connectivity index (χ1n) is 7.79. The number of carboxylic acids is 1. The van der Waals surface area contributed by atoms with Crippen LogP contribution in [0.15, 0.2) is 33.9 Å². The van der Waals surface area contributed by atoms with Gasteiger partial charge in [0, 0.05) is 6.54 Å². The van der Waals surface area contributed by atoms with Gasteiger partial charge in [-0.1, -0.05) is 26.0 Å². The third-order valence-corrected chi connectivity index (χ3v) is 3.95. The SMILES string of the molecule is CCN(CC)Cc1c(C(=O)O)[nH]c(=O)n(-c2cccc(C)c2)c1=O. The first kappa shape index (κ1) is 17.7. The molecule has 7 heteroatoms. The van der Waals surface area contributed by atoms with Crippen LogP contribution < -0.4 is 11.2 Å². The van der Waals surface area contributed by atoms with Crippen LogP contribution in [-0.4, -0.2) is 38.6 Å². The molecule has 1 aromatic carbocycles. The van der Waals surface area contributed by atoms with E-state index in [0.717, 1.165) is 10.1 Å². The van der Waals surface area contributed by atoms with E-state index in [1.54, 1.807) is 18.2 Å². The monoisotopic (exact) mass is 331 g/mol. The highest BCUT2D eigenvalue weighted by molar-refractivity contribution is 5.86. The third kappa shape index (κ3) is 3.46. The Balaban J connectivity index is 2.73. The Morgan fingerprint density at radius 1 is 1.25 bits per heavy atom. The summed E-state index contributed by atoms with van der Waals surface area (Å²) in [7, 11) is 0. The molecule has 1 heterocycles. The van der Waals surface area contributed by atoms with Gasteiger partial charge in [-0.15, -0.1) is 0 Å². The number of rotatable bonds is 6. The normalized spacial score (nSPS) is 11.0. The van der Waals surface area contributed by atoms with E-state index in [-0.39, 0.29) is 17.8 Å². The Kier molecular flexibility index (Phi) is 5.35. The molecule has 128 valence electrons. The van der Waals surface area contributed by atoms with Crippen molar-refractivity contribution in [3.8, 4) is 5.69 Å². The van der Waals surface area contributed by atoms with Gasteiger partial charge >= 0.3 is 11.7 Å². The van der Waals surface area contributed by atoms with Crippen LogP contribution in [0.4, 0.5) is 0 Å². The third-order valence-electron chi connectivity index (χ3n) is 3.95. The van der Waals surface area contributed by atoms with E-state index < -0.39 is 17.2 Å². The topological polar surface area (TPSA) is 95.4 Å². The minimum Gasteiger partial charge on any atom is -0.477 e. The summed E-state index contributed by atoms with van der Waals surface area (Å²) in [5, 5.41) is 9.34. The Bertz CT molecular complexity index is 863. The standard InChI is InChI=1S/C17H21N3O4/c1-4-19(5-2)10-13-14(16(22)23)18-17(24)20(15(13)21)12-8-6-7-11(3)9-12/h6-9H,4-5,10H2,1-3H3,(H,18,24)(H,22,23). The maximum absolute atomic E-state index is 12.8. The molecule has 1 aromatic heterocycles. The molecule has 0 radical (unpaired) electrons. The first-order valence-corrected chi connectivity index (χ1v) is 7.79. The average molecular weight is 331 g/mol. The van der Waals surface area contributed by atoms with Gasteiger partial charge in [0.15, 0.2) is 0 Å². The number of nitrogens with zero attached hydrogens (tertiary/aromatic N) is 2. The second-order valence-electron chi connectivity index (χ2n) is 5.53. The molecule has 0 saturated carbocycles. The van der Waals surface area contributed by atoms with Gasteiger partial charge in [0.25, 0.3) is 5.56 Å². The van der Waals surface area contributed by atoms with Crippen molar-refractivity contribution >= 4 is 5.97 Å². The summed E-state index contributed by atoms with van der Waals surface area (Å²) in [5.41, 5.74) is -0.321. The predicted octanol–water partition coefficient (Wildman–Crippen LogP) is 1.37. The van der Waals surface area contributed by atoms with Crippen molar-refractivity contribution < 1.29 is 9.90 Å². The molecule has 0 fully saturated rings. The summed E-state index contributed by atoms with van der Waals surface area (Å²) in [6, 6.07) is 6.94. The van der Waals surface area contributed by atoms with Gasteiger partial charge in [-0.25, -0.2) is 14.2 Å². The number of carboxylic acid groups (broad SMARTS) is 1. The highest BCUT2D eigenvalue weighted by Crippen LogP contribution is 2.09. The van der Waals surface area contributed by atoms with E-state index in [4.69, 9.17) is 0 Å². The van der Waals surface area contributed by atoms with Gasteiger partial charge in [0.1, 0.15) is 5.69 Å². The van der Waals surface area contributed by atoms with Crippen LogP contribution in [0, 0.1) is 6.92 Å². The molecular formula is C17H21N3O4. The summed E-state index contributed by atoms with van der Waals surface area (Å²) in [6.45, 7) is 7.20. The molecule has 2 N–H and O–H groups in total. The van der Waals surface area contributed by atoms with Gasteiger partial charge in [0.2, 0.25) is 0 Å². The number of H-pyrrole nitrogens is 1. The van der Waals surface area contributed by atoms with Gasteiger partial charge in [-0.3, -0.25) is 9.69 Å². The Morgan fingerprint density at radius 3 is 2.46 bits per heavy atom. The lowest BCUT2D eigenvalue weighted by molar-refractivity contribution is 0.0686. The Labute approximate surface area is 139 Å². The van der Waals surface area contributed by atoms with Crippen molar-refractivity contribution in [2.24, 2.45) is 0 Å². The summed E-state index contributed by atoms with van der Waals surface area (Å²) in [4.78, 5) is 40.8. The van der Waals surface area contributed by atoms with E-state index in [9.17, 15) is 19.5 Å². The van der Waals surface area contributed by atoms with Crippen molar-refractivity contribution in [2.75, 3.05) is 13.1 Å². The fraction of sp³-hybridized carbons (Fsp3) is 0.353. The number of aryl methyl sites for hydroxylation is 1. The van der Waals surface area contributed by atoms with Crippen LogP contribution in [0.25, 0.3) is 5.69 Å². The van der Waals surface area contributed by atoms with Gasteiger partial charge in [-0.05, 0) is 37.7 Å². The Hall–Kier alpha value is -2.67. The Morgan fingerprint density at radius 2 is 1.92 bits per heavy atom. The summed E-state index contributed by atoms with van der Waals surface area (Å²) in [5.74, 6) is -1.32. The predicted molar refractivity (Wildman–Crippen MR) is 91.0 cm³/mol.